The molecule has 0 aromatic carbocycles. The SMILES string of the molecule is CC(C)(C)OC(=O)N1CCCC1CN1CCc2c(nc(-c3cccnc3)[nH]c2=O)C1. The third-order valence-corrected chi connectivity index (χ3v) is 5.56. The number of hydrogen-bond acceptors (Lipinski definition) is 6. The maximum atomic E-state index is 12.6. The van der Waals surface area contributed by atoms with Crippen LogP contribution in [0.1, 0.15) is 44.9 Å². The summed E-state index contributed by atoms with van der Waals surface area (Å²) in [5, 5.41) is 0. The zero-order valence-electron chi connectivity index (χ0n) is 17.9. The average Bonchev–Trinajstić information content (AvgIpc) is 3.15. The van der Waals surface area contributed by atoms with Gasteiger partial charge in [-0.2, -0.15) is 0 Å². The van der Waals surface area contributed by atoms with Crippen molar-refractivity contribution in [1.29, 1.82) is 0 Å². The van der Waals surface area contributed by atoms with E-state index in [4.69, 9.17) is 9.72 Å². The Hall–Kier alpha value is -2.74. The van der Waals surface area contributed by atoms with E-state index in [1.54, 1.807) is 12.4 Å². The van der Waals surface area contributed by atoms with Gasteiger partial charge < -0.3 is 14.6 Å². The molecule has 0 aliphatic carbocycles. The van der Waals surface area contributed by atoms with Gasteiger partial charge in [0.1, 0.15) is 11.4 Å². The molecule has 2 aliphatic rings. The van der Waals surface area contributed by atoms with Crippen molar-refractivity contribution in [3.8, 4) is 11.4 Å². The second-order valence-electron chi connectivity index (χ2n) is 9.04. The molecule has 30 heavy (non-hydrogen) atoms. The number of amides is 1. The summed E-state index contributed by atoms with van der Waals surface area (Å²) in [4.78, 5) is 41.0. The second kappa shape index (κ2) is 8.18. The van der Waals surface area contributed by atoms with Crippen molar-refractivity contribution < 1.29 is 9.53 Å². The zero-order chi connectivity index (χ0) is 21.3. The lowest BCUT2D eigenvalue weighted by Gasteiger charge is -2.34. The fraction of sp³-hybridized carbons (Fsp3) is 0.545. The lowest BCUT2D eigenvalue weighted by atomic mass is 10.0. The molecule has 1 saturated heterocycles. The zero-order valence-corrected chi connectivity index (χ0v) is 17.9. The molecule has 0 radical (unpaired) electrons. The van der Waals surface area contributed by atoms with Gasteiger partial charge in [-0.3, -0.25) is 14.7 Å². The van der Waals surface area contributed by atoms with Gasteiger partial charge in [0, 0.05) is 55.7 Å². The average molecular weight is 412 g/mol. The van der Waals surface area contributed by atoms with Gasteiger partial charge in [0.25, 0.3) is 5.56 Å². The number of aromatic nitrogens is 3. The van der Waals surface area contributed by atoms with Crippen LogP contribution in [0.2, 0.25) is 0 Å². The van der Waals surface area contributed by atoms with E-state index < -0.39 is 5.60 Å². The maximum absolute atomic E-state index is 12.6. The molecule has 1 atom stereocenters. The first-order valence-corrected chi connectivity index (χ1v) is 10.5. The Morgan fingerprint density at radius 3 is 2.90 bits per heavy atom. The van der Waals surface area contributed by atoms with E-state index in [9.17, 15) is 9.59 Å². The Morgan fingerprint density at radius 1 is 1.33 bits per heavy atom. The number of fused-ring (bicyclic) bond motifs is 1. The molecule has 0 spiro atoms. The van der Waals surface area contributed by atoms with E-state index in [0.717, 1.165) is 49.3 Å². The highest BCUT2D eigenvalue weighted by Gasteiger charge is 2.34. The molecule has 2 aliphatic heterocycles. The van der Waals surface area contributed by atoms with Gasteiger partial charge in [-0.05, 0) is 52.2 Å². The van der Waals surface area contributed by atoms with Crippen molar-refractivity contribution in [2.24, 2.45) is 0 Å². The predicted octanol–water partition coefficient (Wildman–Crippen LogP) is 2.59. The Labute approximate surface area is 176 Å². The molecule has 1 unspecified atom stereocenters. The van der Waals surface area contributed by atoms with Crippen LogP contribution in [0.3, 0.4) is 0 Å². The van der Waals surface area contributed by atoms with Crippen LogP contribution >= 0.6 is 0 Å². The van der Waals surface area contributed by atoms with Crippen molar-refractivity contribution in [2.75, 3.05) is 19.6 Å². The largest absolute Gasteiger partial charge is 0.444 e. The number of pyridine rings is 1. The number of nitrogens with one attached hydrogen (secondary N) is 1. The van der Waals surface area contributed by atoms with Gasteiger partial charge in [-0.1, -0.05) is 0 Å². The molecule has 0 saturated carbocycles. The fourth-order valence-corrected chi connectivity index (χ4v) is 4.17. The van der Waals surface area contributed by atoms with Crippen LogP contribution in [-0.2, 0) is 17.7 Å². The summed E-state index contributed by atoms with van der Waals surface area (Å²) >= 11 is 0. The number of carbonyl (C=O) groups excluding carboxylic acids is 1. The lowest BCUT2D eigenvalue weighted by molar-refractivity contribution is 0.0191. The first kappa shape index (κ1) is 20.5. The van der Waals surface area contributed by atoms with Gasteiger partial charge in [0.15, 0.2) is 0 Å². The van der Waals surface area contributed by atoms with Gasteiger partial charge in [-0.25, -0.2) is 9.78 Å². The molecule has 1 N–H and O–H groups in total. The van der Waals surface area contributed by atoms with Crippen molar-refractivity contribution in [1.82, 2.24) is 24.8 Å². The summed E-state index contributed by atoms with van der Waals surface area (Å²) in [6, 6.07) is 3.84. The Kier molecular flexibility index (Phi) is 5.60. The number of ether oxygens (including phenoxy) is 1. The number of nitrogens with zero attached hydrogens (tertiary/aromatic N) is 4. The van der Waals surface area contributed by atoms with Gasteiger partial charge in [-0.15, -0.1) is 0 Å². The molecule has 1 fully saturated rings. The van der Waals surface area contributed by atoms with E-state index in [1.165, 1.54) is 0 Å². The molecule has 160 valence electrons. The van der Waals surface area contributed by atoms with Crippen LogP contribution in [0.15, 0.2) is 29.3 Å². The maximum Gasteiger partial charge on any atom is 0.410 e. The Bertz CT molecular complexity index is 967. The van der Waals surface area contributed by atoms with Crippen LogP contribution in [-0.4, -0.2) is 62.1 Å². The molecule has 8 nitrogen and oxygen atoms in total. The number of H-pyrrole nitrogens is 1. The Morgan fingerprint density at radius 2 is 2.17 bits per heavy atom. The summed E-state index contributed by atoms with van der Waals surface area (Å²) in [7, 11) is 0. The minimum atomic E-state index is -0.498. The fourth-order valence-electron chi connectivity index (χ4n) is 4.17. The molecular formula is C22H29N5O3. The standard InChI is InChI=1S/C22H29N5O3/c1-22(2,3)30-21(29)27-10-5-7-16(27)13-26-11-8-17-18(14-26)24-19(25-20(17)28)15-6-4-9-23-12-15/h4,6,9,12,16H,5,7-8,10-11,13-14H2,1-3H3,(H,24,25,28). The minimum Gasteiger partial charge on any atom is -0.444 e. The number of hydrogen-bond donors (Lipinski definition) is 1. The molecule has 2 aromatic heterocycles. The summed E-state index contributed by atoms with van der Waals surface area (Å²) in [5.74, 6) is 0.546. The molecule has 2 aromatic rings. The molecule has 8 heteroatoms. The third kappa shape index (κ3) is 4.53. The minimum absolute atomic E-state index is 0.0743. The van der Waals surface area contributed by atoms with Crippen LogP contribution in [0.4, 0.5) is 4.79 Å². The number of likely N-dealkylation sites (tertiary alicyclic amines) is 1. The first-order valence-electron chi connectivity index (χ1n) is 10.5. The van der Waals surface area contributed by atoms with Crippen molar-refractivity contribution >= 4 is 6.09 Å². The van der Waals surface area contributed by atoms with Crippen LogP contribution in [0.25, 0.3) is 11.4 Å². The number of carbonyl (C=O) groups is 1. The summed E-state index contributed by atoms with van der Waals surface area (Å²) in [6.07, 6.45) is 5.76. The van der Waals surface area contributed by atoms with E-state index >= 15 is 0 Å². The van der Waals surface area contributed by atoms with Crippen LogP contribution < -0.4 is 5.56 Å². The van der Waals surface area contributed by atoms with E-state index in [2.05, 4.69) is 14.9 Å². The van der Waals surface area contributed by atoms with E-state index in [-0.39, 0.29) is 17.7 Å². The molecule has 0 bridgehead atoms. The van der Waals surface area contributed by atoms with Gasteiger partial charge >= 0.3 is 6.09 Å². The topological polar surface area (TPSA) is 91.4 Å². The van der Waals surface area contributed by atoms with Crippen LogP contribution in [0, 0.1) is 0 Å². The van der Waals surface area contributed by atoms with Crippen molar-refractivity contribution in [3.63, 3.8) is 0 Å². The van der Waals surface area contributed by atoms with Crippen molar-refractivity contribution in [3.05, 3.63) is 46.1 Å². The Balaban J connectivity index is 1.48. The first-order chi connectivity index (χ1) is 14.3. The quantitative estimate of drug-likeness (QED) is 0.835. The van der Waals surface area contributed by atoms with E-state index in [1.807, 2.05) is 37.8 Å². The summed E-state index contributed by atoms with van der Waals surface area (Å²) in [6.45, 7) is 8.54. The predicted molar refractivity (Wildman–Crippen MR) is 113 cm³/mol. The monoisotopic (exact) mass is 411 g/mol. The summed E-state index contributed by atoms with van der Waals surface area (Å²) < 4.78 is 5.58. The van der Waals surface area contributed by atoms with Crippen LogP contribution in [0.5, 0.6) is 0 Å². The van der Waals surface area contributed by atoms with E-state index in [0.29, 0.717) is 18.8 Å². The highest BCUT2D eigenvalue weighted by Crippen LogP contribution is 2.24. The number of aromatic amines is 1. The van der Waals surface area contributed by atoms with Gasteiger partial charge in [0.05, 0.1) is 5.69 Å². The number of rotatable bonds is 3. The summed E-state index contributed by atoms with van der Waals surface area (Å²) in [5.41, 5.74) is 1.79. The molecule has 1 amide bonds. The lowest BCUT2D eigenvalue weighted by Crippen LogP contribution is -2.46. The molecule has 4 heterocycles. The molecule has 4 rings (SSSR count). The third-order valence-electron chi connectivity index (χ3n) is 5.56. The second-order valence-corrected chi connectivity index (χ2v) is 9.04. The van der Waals surface area contributed by atoms with Crippen molar-refractivity contribution in [2.45, 2.75) is 58.2 Å². The highest BCUT2D eigenvalue weighted by atomic mass is 16.6. The smallest absolute Gasteiger partial charge is 0.410 e. The normalized spacial score (nSPS) is 19.6. The van der Waals surface area contributed by atoms with Gasteiger partial charge in [0.2, 0.25) is 0 Å². The molecular weight excluding hydrogens is 382 g/mol. The highest BCUT2D eigenvalue weighted by molar-refractivity contribution is 5.69.